The Kier molecular flexibility index (Phi) is 4.55. The first kappa shape index (κ1) is 19.2. The van der Waals surface area contributed by atoms with Crippen molar-refractivity contribution in [2.24, 2.45) is 0 Å². The Balaban J connectivity index is 1.57. The minimum atomic E-state index is 0.183. The number of nitrogens with zero attached hydrogens (tertiary/aromatic N) is 6. The van der Waals surface area contributed by atoms with Crippen LogP contribution in [0.2, 0.25) is 5.02 Å². The quantitative estimate of drug-likeness (QED) is 0.437. The third-order valence-corrected chi connectivity index (χ3v) is 6.04. The Morgan fingerprint density at radius 1 is 1.00 bits per heavy atom. The lowest BCUT2D eigenvalue weighted by Gasteiger charge is -2.25. The monoisotopic (exact) mass is 446 g/mol. The zero-order valence-corrected chi connectivity index (χ0v) is 17.8. The van der Waals surface area contributed by atoms with Crippen LogP contribution in [0.4, 0.5) is 0 Å². The number of benzene rings is 2. The number of hydrogen-bond donors (Lipinski definition) is 1. The molecule has 1 aliphatic heterocycles. The van der Waals surface area contributed by atoms with Gasteiger partial charge in [-0.1, -0.05) is 23.7 Å². The van der Waals surface area contributed by atoms with E-state index < -0.39 is 0 Å². The lowest BCUT2D eigenvalue weighted by atomic mass is 10.1. The highest BCUT2D eigenvalue weighted by Crippen LogP contribution is 2.33. The number of imidazole rings is 2. The molecule has 0 unspecified atom stereocenters. The highest BCUT2D eigenvalue weighted by Gasteiger charge is 2.24. The third kappa shape index (κ3) is 3.19. The van der Waals surface area contributed by atoms with E-state index in [9.17, 15) is 5.11 Å². The van der Waals surface area contributed by atoms with E-state index >= 15 is 0 Å². The van der Waals surface area contributed by atoms with Gasteiger partial charge in [-0.3, -0.25) is 4.57 Å². The van der Waals surface area contributed by atoms with Crippen LogP contribution < -0.4 is 0 Å². The number of rotatable bonds is 3. The first-order valence-electron chi connectivity index (χ1n) is 10.4. The molecule has 1 fully saturated rings. The lowest BCUT2D eigenvalue weighted by Crippen LogP contribution is -2.20. The average molecular weight is 447 g/mol. The number of aromatic nitrogens is 6. The fraction of sp³-hybridized carbons (Fsp3) is 0.217. The summed E-state index contributed by atoms with van der Waals surface area (Å²) in [4.78, 5) is 18.8. The Morgan fingerprint density at radius 2 is 1.88 bits per heavy atom. The second-order valence-corrected chi connectivity index (χ2v) is 8.26. The van der Waals surface area contributed by atoms with Gasteiger partial charge in [-0.05, 0) is 43.2 Å². The van der Waals surface area contributed by atoms with Crippen molar-refractivity contribution in [3.8, 4) is 23.1 Å². The van der Waals surface area contributed by atoms with E-state index in [2.05, 4.69) is 14.5 Å². The van der Waals surface area contributed by atoms with Crippen LogP contribution in [0, 0.1) is 0 Å². The Hall–Kier alpha value is -3.49. The molecule has 1 aliphatic rings. The highest BCUT2D eigenvalue weighted by molar-refractivity contribution is 6.31. The maximum Gasteiger partial charge on any atom is 0.237 e. The summed E-state index contributed by atoms with van der Waals surface area (Å²) in [7, 11) is 0. The van der Waals surface area contributed by atoms with Gasteiger partial charge < -0.3 is 14.4 Å². The van der Waals surface area contributed by atoms with Crippen molar-refractivity contribution in [3.05, 3.63) is 60.0 Å². The van der Waals surface area contributed by atoms with E-state index in [4.69, 9.17) is 26.3 Å². The first-order valence-corrected chi connectivity index (χ1v) is 10.8. The second kappa shape index (κ2) is 7.58. The fourth-order valence-corrected chi connectivity index (χ4v) is 4.44. The molecule has 0 aliphatic carbocycles. The van der Waals surface area contributed by atoms with Gasteiger partial charge in [-0.25, -0.2) is 15.0 Å². The van der Waals surface area contributed by atoms with Gasteiger partial charge in [-0.2, -0.15) is 4.98 Å². The molecule has 1 saturated heterocycles. The molecule has 1 N–H and O–H groups in total. The van der Waals surface area contributed by atoms with Gasteiger partial charge in [0, 0.05) is 29.8 Å². The summed E-state index contributed by atoms with van der Waals surface area (Å²) in [6.45, 7) is 1.37. The topological polar surface area (TPSA) is 90.9 Å². The minimum absolute atomic E-state index is 0.183. The average Bonchev–Trinajstić information content (AvgIpc) is 3.40. The molecule has 5 aromatic rings. The molecule has 8 nitrogen and oxygen atoms in total. The van der Waals surface area contributed by atoms with Crippen molar-refractivity contribution in [2.45, 2.75) is 18.9 Å². The molecular formula is C23H19ClN6O2. The van der Waals surface area contributed by atoms with Crippen LogP contribution in [0.25, 0.3) is 39.5 Å². The van der Waals surface area contributed by atoms with Crippen LogP contribution in [-0.2, 0) is 4.74 Å². The number of fused-ring (bicyclic) bond motifs is 2. The Labute approximate surface area is 188 Å². The van der Waals surface area contributed by atoms with Crippen molar-refractivity contribution >= 4 is 33.8 Å². The van der Waals surface area contributed by atoms with Crippen LogP contribution in [0.15, 0.2) is 55.0 Å². The second-order valence-electron chi connectivity index (χ2n) is 7.83. The zero-order chi connectivity index (χ0) is 21.7. The van der Waals surface area contributed by atoms with E-state index in [1.165, 1.54) is 0 Å². The molecular weight excluding hydrogens is 428 g/mol. The fourth-order valence-electron chi connectivity index (χ4n) is 4.28. The largest absolute Gasteiger partial charge is 0.508 e. The molecule has 6 rings (SSSR count). The SMILES string of the molecule is Oc1cccc(-c2nc3cnc(-n4cnc5ccc(Cl)cc54)nc3n2C2CCOCC2)c1. The summed E-state index contributed by atoms with van der Waals surface area (Å²) in [6.07, 6.45) is 5.16. The van der Waals surface area contributed by atoms with E-state index in [1.807, 2.05) is 34.9 Å². The van der Waals surface area contributed by atoms with Crippen molar-refractivity contribution in [1.82, 2.24) is 29.1 Å². The number of phenols is 1. The smallest absolute Gasteiger partial charge is 0.237 e. The summed E-state index contributed by atoms with van der Waals surface area (Å²) < 4.78 is 9.57. The summed E-state index contributed by atoms with van der Waals surface area (Å²) in [6, 6.07) is 12.8. The molecule has 0 radical (unpaired) electrons. The summed E-state index contributed by atoms with van der Waals surface area (Å²) in [5.74, 6) is 1.45. The van der Waals surface area contributed by atoms with Gasteiger partial charge in [0.25, 0.3) is 0 Å². The van der Waals surface area contributed by atoms with E-state index in [1.54, 1.807) is 24.7 Å². The summed E-state index contributed by atoms with van der Waals surface area (Å²) in [5, 5.41) is 10.7. The van der Waals surface area contributed by atoms with Gasteiger partial charge in [-0.15, -0.1) is 0 Å². The molecule has 0 bridgehead atoms. The van der Waals surface area contributed by atoms with E-state index in [0.717, 1.165) is 40.9 Å². The Bertz CT molecular complexity index is 1450. The number of halogens is 1. The van der Waals surface area contributed by atoms with E-state index in [0.29, 0.717) is 29.7 Å². The minimum Gasteiger partial charge on any atom is -0.508 e. The lowest BCUT2D eigenvalue weighted by molar-refractivity contribution is 0.0708. The molecule has 0 spiro atoms. The van der Waals surface area contributed by atoms with Crippen molar-refractivity contribution in [1.29, 1.82) is 0 Å². The molecule has 2 aromatic carbocycles. The maximum absolute atomic E-state index is 10.0. The molecule has 0 saturated carbocycles. The Morgan fingerprint density at radius 3 is 2.72 bits per heavy atom. The van der Waals surface area contributed by atoms with Crippen LogP contribution in [0.1, 0.15) is 18.9 Å². The molecule has 0 amide bonds. The van der Waals surface area contributed by atoms with Crippen molar-refractivity contribution < 1.29 is 9.84 Å². The molecule has 4 heterocycles. The van der Waals surface area contributed by atoms with Gasteiger partial charge in [0.1, 0.15) is 23.4 Å². The van der Waals surface area contributed by atoms with Crippen molar-refractivity contribution in [2.75, 3.05) is 13.2 Å². The standard InChI is InChI=1S/C23H19ClN6O2/c24-15-4-5-18-20(11-15)29(13-26-18)23-25-12-19-22(28-23)30(16-6-8-32-9-7-16)21(27-19)14-2-1-3-17(31)10-14/h1-5,10-13,16,31H,6-9H2. The van der Waals surface area contributed by atoms with Gasteiger partial charge in [0.15, 0.2) is 5.65 Å². The predicted molar refractivity (Wildman–Crippen MR) is 121 cm³/mol. The molecule has 0 atom stereocenters. The third-order valence-electron chi connectivity index (χ3n) is 5.81. The van der Waals surface area contributed by atoms with Crippen molar-refractivity contribution in [3.63, 3.8) is 0 Å². The van der Waals surface area contributed by atoms with Crippen LogP contribution in [0.5, 0.6) is 5.75 Å². The van der Waals surface area contributed by atoms with Gasteiger partial charge in [0.2, 0.25) is 5.95 Å². The maximum atomic E-state index is 10.0. The van der Waals surface area contributed by atoms with Gasteiger partial charge >= 0.3 is 0 Å². The number of hydrogen-bond acceptors (Lipinski definition) is 6. The normalized spacial score (nSPS) is 15.0. The first-order chi connectivity index (χ1) is 15.7. The summed E-state index contributed by atoms with van der Waals surface area (Å²) in [5.41, 5.74) is 3.92. The van der Waals surface area contributed by atoms with Crippen LogP contribution in [-0.4, -0.2) is 47.4 Å². The molecule has 32 heavy (non-hydrogen) atoms. The summed E-state index contributed by atoms with van der Waals surface area (Å²) >= 11 is 6.21. The molecule has 9 heteroatoms. The number of phenolic OH excluding ortho intramolecular Hbond substituents is 1. The molecule has 160 valence electrons. The van der Waals surface area contributed by atoms with Gasteiger partial charge in [0.05, 0.1) is 17.2 Å². The van der Waals surface area contributed by atoms with E-state index in [-0.39, 0.29) is 11.8 Å². The predicted octanol–water partition coefficient (Wildman–Crippen LogP) is 4.54. The number of ether oxygens (including phenoxy) is 1. The van der Waals surface area contributed by atoms with Crippen LogP contribution in [0.3, 0.4) is 0 Å². The number of aromatic hydroxyl groups is 1. The zero-order valence-electron chi connectivity index (χ0n) is 17.0. The molecule has 3 aromatic heterocycles. The van der Waals surface area contributed by atoms with Crippen LogP contribution >= 0.6 is 11.6 Å². The highest BCUT2D eigenvalue weighted by atomic mass is 35.5.